The zero-order valence-electron chi connectivity index (χ0n) is 15.3. The van der Waals surface area contributed by atoms with Crippen LogP contribution in [0.5, 0.6) is 0 Å². The highest BCUT2D eigenvalue weighted by atomic mass is 127. The summed E-state index contributed by atoms with van der Waals surface area (Å²) in [6.45, 7) is 10.5. The van der Waals surface area contributed by atoms with Crippen molar-refractivity contribution in [1.29, 1.82) is 0 Å². The zero-order chi connectivity index (χ0) is 17.1. The van der Waals surface area contributed by atoms with Crippen molar-refractivity contribution in [3.8, 4) is 0 Å². The first-order chi connectivity index (χ1) is 11.1. The predicted molar refractivity (Wildman–Crippen MR) is 112 cm³/mol. The minimum absolute atomic E-state index is 0. The van der Waals surface area contributed by atoms with E-state index < -0.39 is 0 Å². The van der Waals surface area contributed by atoms with E-state index >= 15 is 0 Å². The Morgan fingerprint density at radius 3 is 2.58 bits per heavy atom. The molecule has 6 heteroatoms. The summed E-state index contributed by atoms with van der Waals surface area (Å²) in [4.78, 5) is 6.67. The van der Waals surface area contributed by atoms with Crippen LogP contribution in [-0.4, -0.2) is 43.6 Å². The topological polar surface area (TPSA) is 39.7 Å². The number of rotatable bonds is 9. The second-order valence-electron chi connectivity index (χ2n) is 5.77. The van der Waals surface area contributed by atoms with Gasteiger partial charge in [0, 0.05) is 19.6 Å². The van der Waals surface area contributed by atoms with Crippen LogP contribution < -0.4 is 10.6 Å². The Hall–Kier alpha value is -0.890. The van der Waals surface area contributed by atoms with Crippen LogP contribution in [0.2, 0.25) is 0 Å². The van der Waals surface area contributed by atoms with Gasteiger partial charge in [-0.3, -0.25) is 4.99 Å². The molecule has 0 spiro atoms. The van der Waals surface area contributed by atoms with Crippen molar-refractivity contribution in [1.82, 2.24) is 15.5 Å². The van der Waals surface area contributed by atoms with Gasteiger partial charge in [0.15, 0.2) is 5.96 Å². The van der Waals surface area contributed by atoms with E-state index in [-0.39, 0.29) is 29.8 Å². The van der Waals surface area contributed by atoms with Crippen molar-refractivity contribution in [3.05, 3.63) is 35.6 Å². The van der Waals surface area contributed by atoms with E-state index in [2.05, 4.69) is 41.3 Å². The molecule has 0 bridgehead atoms. The summed E-state index contributed by atoms with van der Waals surface area (Å²) in [6.07, 6.45) is 2.26. The van der Waals surface area contributed by atoms with Gasteiger partial charge in [-0.25, -0.2) is 4.39 Å². The minimum Gasteiger partial charge on any atom is -0.354 e. The van der Waals surface area contributed by atoms with Crippen LogP contribution in [0.4, 0.5) is 4.39 Å². The molecule has 0 heterocycles. The van der Waals surface area contributed by atoms with Gasteiger partial charge in [-0.05, 0) is 57.1 Å². The summed E-state index contributed by atoms with van der Waals surface area (Å²) in [5, 5.41) is 6.62. The molecule has 0 saturated carbocycles. The summed E-state index contributed by atoms with van der Waals surface area (Å²) >= 11 is 0. The molecular formula is C18H32FIN4. The number of halogens is 2. The van der Waals surface area contributed by atoms with Gasteiger partial charge in [0.2, 0.25) is 0 Å². The van der Waals surface area contributed by atoms with Crippen molar-refractivity contribution in [2.24, 2.45) is 4.99 Å². The Labute approximate surface area is 163 Å². The van der Waals surface area contributed by atoms with E-state index in [0.29, 0.717) is 12.6 Å². The standard InChI is InChI=1S/C18H31FN4.HI/c1-5-23(6-2)12-8-9-15(3)22-18(20-4)21-14-16-10-7-11-17(19)13-16;/h7,10-11,13,15H,5-6,8-9,12,14H2,1-4H3,(H2,20,21,22);1H. The highest BCUT2D eigenvalue weighted by molar-refractivity contribution is 14.0. The lowest BCUT2D eigenvalue weighted by molar-refractivity contribution is 0.292. The molecule has 1 aromatic carbocycles. The third-order valence-electron chi connectivity index (χ3n) is 3.96. The van der Waals surface area contributed by atoms with Crippen LogP contribution >= 0.6 is 24.0 Å². The number of nitrogens with one attached hydrogen (secondary N) is 2. The first kappa shape index (κ1) is 23.1. The quantitative estimate of drug-likeness (QED) is 0.343. The van der Waals surface area contributed by atoms with Crippen molar-refractivity contribution in [2.75, 3.05) is 26.7 Å². The fourth-order valence-electron chi connectivity index (χ4n) is 2.49. The van der Waals surface area contributed by atoms with E-state index in [1.54, 1.807) is 13.1 Å². The average Bonchev–Trinajstić information content (AvgIpc) is 2.55. The van der Waals surface area contributed by atoms with Crippen molar-refractivity contribution in [2.45, 2.75) is 46.2 Å². The maximum absolute atomic E-state index is 13.2. The fourth-order valence-corrected chi connectivity index (χ4v) is 2.49. The minimum atomic E-state index is -0.211. The third kappa shape index (κ3) is 9.42. The van der Waals surface area contributed by atoms with E-state index in [4.69, 9.17) is 0 Å². The van der Waals surface area contributed by atoms with Crippen molar-refractivity contribution < 1.29 is 4.39 Å². The van der Waals surface area contributed by atoms with Gasteiger partial charge >= 0.3 is 0 Å². The van der Waals surface area contributed by atoms with Gasteiger partial charge in [-0.15, -0.1) is 24.0 Å². The largest absolute Gasteiger partial charge is 0.354 e. The number of aliphatic imine (C=N–C) groups is 1. The first-order valence-electron chi connectivity index (χ1n) is 8.53. The highest BCUT2D eigenvalue weighted by Crippen LogP contribution is 2.03. The molecule has 1 aromatic rings. The molecule has 0 aromatic heterocycles. The van der Waals surface area contributed by atoms with E-state index in [0.717, 1.165) is 44.0 Å². The fraction of sp³-hybridized carbons (Fsp3) is 0.611. The Kier molecular flexibility index (Phi) is 12.9. The lowest BCUT2D eigenvalue weighted by atomic mass is 10.2. The van der Waals surface area contributed by atoms with Gasteiger partial charge in [0.25, 0.3) is 0 Å². The van der Waals surface area contributed by atoms with Crippen LogP contribution in [0.3, 0.4) is 0 Å². The molecule has 0 aliphatic carbocycles. The van der Waals surface area contributed by atoms with Gasteiger partial charge in [0.1, 0.15) is 5.82 Å². The molecule has 0 aliphatic rings. The predicted octanol–water partition coefficient (Wildman–Crippen LogP) is 3.62. The number of hydrogen-bond donors (Lipinski definition) is 2. The molecule has 24 heavy (non-hydrogen) atoms. The maximum Gasteiger partial charge on any atom is 0.191 e. The number of hydrogen-bond acceptors (Lipinski definition) is 2. The molecule has 0 saturated heterocycles. The Balaban J connectivity index is 0.00000529. The van der Waals surface area contributed by atoms with Crippen LogP contribution in [0, 0.1) is 5.82 Å². The molecule has 1 atom stereocenters. The van der Waals surface area contributed by atoms with E-state index in [1.807, 2.05) is 6.07 Å². The Morgan fingerprint density at radius 2 is 2.00 bits per heavy atom. The monoisotopic (exact) mass is 450 g/mol. The molecule has 0 amide bonds. The molecule has 1 rings (SSSR count). The Morgan fingerprint density at radius 1 is 1.29 bits per heavy atom. The van der Waals surface area contributed by atoms with Crippen molar-refractivity contribution >= 4 is 29.9 Å². The van der Waals surface area contributed by atoms with E-state index in [1.165, 1.54) is 12.1 Å². The zero-order valence-corrected chi connectivity index (χ0v) is 17.6. The Bertz CT molecular complexity index is 478. The molecule has 0 radical (unpaired) electrons. The van der Waals surface area contributed by atoms with E-state index in [9.17, 15) is 4.39 Å². The molecule has 1 unspecified atom stereocenters. The summed E-state index contributed by atoms with van der Waals surface area (Å²) < 4.78 is 13.2. The smallest absolute Gasteiger partial charge is 0.191 e. The molecule has 138 valence electrons. The molecular weight excluding hydrogens is 418 g/mol. The number of nitrogens with zero attached hydrogens (tertiary/aromatic N) is 2. The lowest BCUT2D eigenvalue weighted by Gasteiger charge is -2.21. The highest BCUT2D eigenvalue weighted by Gasteiger charge is 2.06. The van der Waals surface area contributed by atoms with Gasteiger partial charge in [-0.2, -0.15) is 0 Å². The maximum atomic E-state index is 13.2. The summed E-state index contributed by atoms with van der Waals surface area (Å²) in [5.41, 5.74) is 0.905. The second-order valence-corrected chi connectivity index (χ2v) is 5.77. The second kappa shape index (κ2) is 13.4. The average molecular weight is 450 g/mol. The first-order valence-corrected chi connectivity index (χ1v) is 8.53. The molecule has 0 fully saturated rings. The number of benzene rings is 1. The molecule has 0 aliphatic heterocycles. The SMILES string of the molecule is CCN(CC)CCCC(C)NC(=NC)NCc1cccc(F)c1.I. The number of guanidine groups is 1. The summed E-state index contributed by atoms with van der Waals surface area (Å²) in [6, 6.07) is 6.96. The van der Waals surface area contributed by atoms with Gasteiger partial charge < -0.3 is 15.5 Å². The van der Waals surface area contributed by atoms with Gasteiger partial charge in [-0.1, -0.05) is 26.0 Å². The summed E-state index contributed by atoms with van der Waals surface area (Å²) in [7, 11) is 1.75. The van der Waals surface area contributed by atoms with Crippen LogP contribution in [0.1, 0.15) is 39.2 Å². The van der Waals surface area contributed by atoms with Crippen LogP contribution in [0.25, 0.3) is 0 Å². The van der Waals surface area contributed by atoms with Crippen LogP contribution in [0.15, 0.2) is 29.3 Å². The van der Waals surface area contributed by atoms with Gasteiger partial charge in [0.05, 0.1) is 0 Å². The van der Waals surface area contributed by atoms with Crippen molar-refractivity contribution in [3.63, 3.8) is 0 Å². The third-order valence-corrected chi connectivity index (χ3v) is 3.96. The normalized spacial score (nSPS) is 12.7. The molecule has 2 N–H and O–H groups in total. The van der Waals surface area contributed by atoms with Crippen LogP contribution in [-0.2, 0) is 6.54 Å². The lowest BCUT2D eigenvalue weighted by Crippen LogP contribution is -2.42. The summed E-state index contributed by atoms with van der Waals surface area (Å²) in [5.74, 6) is 0.543. The molecule has 4 nitrogen and oxygen atoms in total.